The highest BCUT2D eigenvalue weighted by atomic mass is 35.5. The van der Waals surface area contributed by atoms with Gasteiger partial charge >= 0.3 is 12.0 Å². The Morgan fingerprint density at radius 3 is 2.48 bits per heavy atom. The molecule has 50 heavy (non-hydrogen) atoms. The third-order valence-electron chi connectivity index (χ3n) is 7.64. The Hall–Kier alpha value is -5.46. The largest absolute Gasteiger partial charge is 0.490 e. The minimum absolute atomic E-state index is 0.181. The van der Waals surface area contributed by atoms with Crippen LogP contribution in [0, 0.1) is 0 Å². The van der Waals surface area contributed by atoms with Gasteiger partial charge in [-0.3, -0.25) is 5.43 Å². The summed E-state index contributed by atoms with van der Waals surface area (Å²) in [4.78, 5) is 24.7. The number of hydrazone groups is 1. The molecule has 12 nitrogen and oxygen atoms in total. The van der Waals surface area contributed by atoms with Gasteiger partial charge in [-0.2, -0.15) is 5.10 Å². The minimum Gasteiger partial charge on any atom is -0.490 e. The molecule has 262 valence electrons. The molecule has 5 rings (SSSR count). The molecule has 0 fully saturated rings. The average molecular weight is 703 g/mol. The molecule has 0 saturated carbocycles. The Labute approximate surface area is 295 Å². The Bertz CT molecular complexity index is 1910. The molecule has 0 aromatic heterocycles. The van der Waals surface area contributed by atoms with Gasteiger partial charge < -0.3 is 39.4 Å². The molecule has 2 amide bonds. The molecule has 2 atom stereocenters. The molecular formula is C37H39ClN4O8. The van der Waals surface area contributed by atoms with E-state index in [4.69, 9.17) is 35.3 Å². The molecule has 4 N–H and O–H groups in total. The number of hydrogen-bond donors (Lipinski definition) is 4. The third-order valence-corrected chi connectivity index (χ3v) is 7.92. The van der Waals surface area contributed by atoms with E-state index in [0.29, 0.717) is 64.7 Å². The van der Waals surface area contributed by atoms with Crippen LogP contribution in [0.4, 0.5) is 4.79 Å². The zero-order chi connectivity index (χ0) is 35.6. The van der Waals surface area contributed by atoms with Gasteiger partial charge in [0.2, 0.25) is 0 Å². The van der Waals surface area contributed by atoms with Crippen LogP contribution < -0.4 is 35.0 Å². The van der Waals surface area contributed by atoms with Crippen molar-refractivity contribution in [1.29, 1.82) is 0 Å². The summed E-state index contributed by atoms with van der Waals surface area (Å²) in [6.45, 7) is 6.15. The maximum atomic E-state index is 12.5. The molecule has 1 aliphatic heterocycles. The molecular weight excluding hydrogens is 664 g/mol. The summed E-state index contributed by atoms with van der Waals surface area (Å²) in [6.07, 6.45) is 0.305. The van der Waals surface area contributed by atoms with Crippen LogP contribution in [-0.2, 0) is 16.1 Å². The van der Waals surface area contributed by atoms with Crippen LogP contribution in [0.5, 0.6) is 23.0 Å². The maximum Gasteiger partial charge on any atom is 0.337 e. The number of carbonyl (C=O) groups is 2. The van der Waals surface area contributed by atoms with Crippen LogP contribution in [-0.4, -0.2) is 56.5 Å². The fourth-order valence-corrected chi connectivity index (χ4v) is 5.64. The summed E-state index contributed by atoms with van der Waals surface area (Å²) in [5.74, 6) is 1.01. The lowest BCUT2D eigenvalue weighted by Gasteiger charge is -2.28. The third kappa shape index (κ3) is 8.76. The second kappa shape index (κ2) is 16.8. The number of amides is 2. The van der Waals surface area contributed by atoms with Crippen molar-refractivity contribution in [3.05, 3.63) is 106 Å². The van der Waals surface area contributed by atoms with Crippen LogP contribution in [0.1, 0.15) is 43.5 Å². The number of carbonyl (C=O) groups excluding carboxylic acids is 2. The Morgan fingerprint density at radius 1 is 0.960 bits per heavy atom. The molecule has 1 aliphatic rings. The van der Waals surface area contributed by atoms with Gasteiger partial charge in [0, 0.05) is 5.70 Å². The number of urea groups is 1. The van der Waals surface area contributed by atoms with Gasteiger partial charge in [0.25, 0.3) is 0 Å². The molecule has 0 unspecified atom stereocenters. The summed E-state index contributed by atoms with van der Waals surface area (Å²) in [5.41, 5.74) is 5.47. The van der Waals surface area contributed by atoms with E-state index in [9.17, 15) is 14.7 Å². The van der Waals surface area contributed by atoms with E-state index in [0.717, 1.165) is 16.3 Å². The summed E-state index contributed by atoms with van der Waals surface area (Å²) in [7, 11) is 1.27. The van der Waals surface area contributed by atoms with Crippen molar-refractivity contribution < 1.29 is 38.4 Å². The molecule has 0 bridgehead atoms. The lowest BCUT2D eigenvalue weighted by molar-refractivity contribution is -0.136. The standard InChI is InChI=1S/C37H39ClN4O8/c1-5-47-30-18-27(34-33(36(44)46-4)22(3)40-37(45)41-34)13-14-29(30)49-21-32(43)42-39-19-24-16-28(38)35(31(17-24)48-6-2)50-20-23-11-12-25-9-7-8-10-26(25)15-23/h7-19,32,34,42-43H,5-6,20-21H2,1-4H3,(H2,40,41,45)/b39-19-/t32-,34+/m0/s1. The lowest BCUT2D eigenvalue weighted by atomic mass is 9.95. The van der Waals surface area contributed by atoms with Gasteiger partial charge in [-0.05, 0) is 78.6 Å². The van der Waals surface area contributed by atoms with Gasteiger partial charge in [-0.25, -0.2) is 9.59 Å². The van der Waals surface area contributed by atoms with Crippen molar-refractivity contribution >= 4 is 40.6 Å². The molecule has 4 aromatic carbocycles. The second-order valence-corrected chi connectivity index (χ2v) is 11.6. The average Bonchev–Trinajstić information content (AvgIpc) is 3.10. The zero-order valence-corrected chi connectivity index (χ0v) is 28.9. The highest BCUT2D eigenvalue weighted by Crippen LogP contribution is 2.37. The summed E-state index contributed by atoms with van der Waals surface area (Å²) < 4.78 is 28.5. The Morgan fingerprint density at radius 2 is 1.72 bits per heavy atom. The lowest BCUT2D eigenvalue weighted by Crippen LogP contribution is -2.45. The fourth-order valence-electron chi connectivity index (χ4n) is 5.37. The first-order valence-corrected chi connectivity index (χ1v) is 16.4. The topological polar surface area (TPSA) is 149 Å². The summed E-state index contributed by atoms with van der Waals surface area (Å²) >= 11 is 6.62. The predicted molar refractivity (Wildman–Crippen MR) is 190 cm³/mol. The quantitative estimate of drug-likeness (QED) is 0.0507. The number of esters is 1. The highest BCUT2D eigenvalue weighted by molar-refractivity contribution is 6.32. The van der Waals surface area contributed by atoms with Crippen molar-refractivity contribution in [2.24, 2.45) is 5.10 Å². The van der Waals surface area contributed by atoms with E-state index in [1.165, 1.54) is 13.3 Å². The molecule has 0 radical (unpaired) electrons. The number of nitrogens with zero attached hydrogens (tertiary/aromatic N) is 1. The van der Waals surface area contributed by atoms with Gasteiger partial charge in [0.1, 0.15) is 13.2 Å². The number of ether oxygens (including phenoxy) is 5. The van der Waals surface area contributed by atoms with Gasteiger partial charge in [0.05, 0.1) is 43.2 Å². The number of hydrogen-bond acceptors (Lipinski definition) is 10. The highest BCUT2D eigenvalue weighted by Gasteiger charge is 2.32. The van der Waals surface area contributed by atoms with E-state index in [2.05, 4.69) is 45.4 Å². The molecule has 0 spiro atoms. The van der Waals surface area contributed by atoms with Crippen molar-refractivity contribution in [2.75, 3.05) is 26.9 Å². The number of rotatable bonds is 15. The maximum absolute atomic E-state index is 12.5. The monoisotopic (exact) mass is 702 g/mol. The number of aliphatic hydroxyl groups excluding tert-OH is 1. The van der Waals surface area contributed by atoms with Crippen molar-refractivity contribution in [1.82, 2.24) is 16.1 Å². The van der Waals surface area contributed by atoms with E-state index >= 15 is 0 Å². The van der Waals surface area contributed by atoms with E-state index < -0.39 is 24.3 Å². The van der Waals surface area contributed by atoms with Crippen LogP contribution in [0.2, 0.25) is 5.02 Å². The molecule has 4 aromatic rings. The number of methoxy groups -OCH3 is 1. The number of aliphatic hydroxyl groups is 1. The molecule has 0 saturated heterocycles. The molecule has 13 heteroatoms. The fraction of sp³-hybridized carbons (Fsp3) is 0.270. The minimum atomic E-state index is -1.19. The number of nitrogens with one attached hydrogen (secondary N) is 3. The van der Waals surface area contributed by atoms with Crippen molar-refractivity contribution in [2.45, 2.75) is 39.6 Å². The number of allylic oxidation sites excluding steroid dienone is 1. The van der Waals surface area contributed by atoms with E-state index in [1.54, 1.807) is 37.3 Å². The first-order chi connectivity index (χ1) is 24.2. The van der Waals surface area contributed by atoms with Gasteiger partial charge in [-0.1, -0.05) is 54.1 Å². The van der Waals surface area contributed by atoms with Crippen LogP contribution in [0.15, 0.2) is 89.2 Å². The first-order valence-electron chi connectivity index (χ1n) is 16.0. The number of fused-ring (bicyclic) bond motifs is 1. The second-order valence-electron chi connectivity index (χ2n) is 11.1. The number of halogens is 1. The molecule has 0 aliphatic carbocycles. The first kappa shape index (κ1) is 35.8. The zero-order valence-electron chi connectivity index (χ0n) is 28.1. The smallest absolute Gasteiger partial charge is 0.337 e. The number of benzene rings is 4. The van der Waals surface area contributed by atoms with E-state index in [-0.39, 0.29) is 12.2 Å². The van der Waals surface area contributed by atoms with Gasteiger partial charge in [0.15, 0.2) is 29.2 Å². The summed E-state index contributed by atoms with van der Waals surface area (Å²) in [6, 6.07) is 21.5. The van der Waals surface area contributed by atoms with E-state index in [1.807, 2.05) is 32.0 Å². The summed E-state index contributed by atoms with van der Waals surface area (Å²) in [5, 5.41) is 22.7. The van der Waals surface area contributed by atoms with Crippen molar-refractivity contribution in [3.63, 3.8) is 0 Å². The van der Waals surface area contributed by atoms with Crippen LogP contribution >= 0.6 is 11.6 Å². The van der Waals surface area contributed by atoms with Gasteiger partial charge in [-0.15, -0.1) is 0 Å². The SMILES string of the molecule is CCOc1cc([C@H]2NC(=O)NC(C)=C2C(=O)OC)ccc1OC[C@H](O)N/N=C\c1cc(Cl)c(OCc2ccc3ccccc3c2)c(OCC)c1. The Balaban J connectivity index is 1.21. The predicted octanol–water partition coefficient (Wildman–Crippen LogP) is 5.99. The molecule has 1 heterocycles. The van der Waals surface area contributed by atoms with Crippen LogP contribution in [0.25, 0.3) is 10.8 Å². The Kier molecular flexibility index (Phi) is 12.0. The van der Waals surface area contributed by atoms with Crippen LogP contribution in [0.3, 0.4) is 0 Å². The normalized spacial score (nSPS) is 14.9. The van der Waals surface area contributed by atoms with Crippen molar-refractivity contribution in [3.8, 4) is 23.0 Å².